The van der Waals surface area contributed by atoms with Crippen LogP contribution in [-0.2, 0) is 22.6 Å². The fourth-order valence-electron chi connectivity index (χ4n) is 5.39. The van der Waals surface area contributed by atoms with Crippen LogP contribution in [0.5, 0.6) is 5.75 Å². The van der Waals surface area contributed by atoms with Crippen molar-refractivity contribution in [3.05, 3.63) is 64.8 Å². The number of benzene rings is 2. The van der Waals surface area contributed by atoms with Crippen molar-refractivity contribution in [3.63, 3.8) is 0 Å². The van der Waals surface area contributed by atoms with Crippen LogP contribution in [0, 0.1) is 12.8 Å². The van der Waals surface area contributed by atoms with Crippen LogP contribution in [0.15, 0.2) is 42.5 Å². The molecule has 34 heavy (non-hydrogen) atoms. The number of nitrogens with two attached hydrogens (primary N) is 1. The van der Waals surface area contributed by atoms with Gasteiger partial charge in [0.2, 0.25) is 5.91 Å². The molecule has 0 spiro atoms. The Labute approximate surface area is 200 Å². The molecule has 1 aliphatic carbocycles. The quantitative estimate of drug-likeness (QED) is 0.434. The van der Waals surface area contributed by atoms with Crippen molar-refractivity contribution in [1.82, 2.24) is 4.57 Å². The summed E-state index contributed by atoms with van der Waals surface area (Å²) in [6.45, 7) is 4.41. The highest BCUT2D eigenvalue weighted by Crippen LogP contribution is 2.45. The largest absolute Gasteiger partial charge is 0.481 e. The molecular formula is C28H34N2O4. The highest BCUT2D eigenvalue weighted by Gasteiger charge is 2.30. The van der Waals surface area contributed by atoms with Crippen molar-refractivity contribution in [1.29, 1.82) is 0 Å². The van der Waals surface area contributed by atoms with Crippen LogP contribution in [-0.4, -0.2) is 28.2 Å². The number of aryl methyl sites for hydroxylation is 2. The number of hydrogen-bond acceptors (Lipinski definition) is 3. The predicted octanol–water partition coefficient (Wildman–Crippen LogP) is 5.17. The number of hydrogen-bond donors (Lipinski definition) is 2. The molecule has 2 unspecified atom stereocenters. The summed E-state index contributed by atoms with van der Waals surface area (Å²) in [6.07, 6.45) is 5.89. The summed E-state index contributed by atoms with van der Waals surface area (Å²) in [5.74, 6) is -0.302. The molecule has 1 aliphatic rings. The number of ether oxygens (including phenoxy) is 1. The Morgan fingerprint density at radius 2 is 1.97 bits per heavy atom. The lowest BCUT2D eigenvalue weighted by atomic mass is 9.83. The van der Waals surface area contributed by atoms with Crippen molar-refractivity contribution in [2.75, 3.05) is 6.61 Å². The Morgan fingerprint density at radius 1 is 1.21 bits per heavy atom. The van der Waals surface area contributed by atoms with E-state index in [1.165, 1.54) is 16.8 Å². The lowest BCUT2D eigenvalue weighted by Crippen LogP contribution is -2.21. The fraction of sp³-hybridized carbons (Fsp3) is 0.429. The summed E-state index contributed by atoms with van der Waals surface area (Å²) in [7, 11) is 0. The molecule has 3 N–H and O–H groups in total. The first-order valence-electron chi connectivity index (χ1n) is 12.2. The van der Waals surface area contributed by atoms with E-state index in [4.69, 9.17) is 10.5 Å². The lowest BCUT2D eigenvalue weighted by molar-refractivity contribution is -0.139. The smallest absolute Gasteiger partial charge is 0.341 e. The van der Waals surface area contributed by atoms with Gasteiger partial charge in [0.1, 0.15) is 5.75 Å². The van der Waals surface area contributed by atoms with Crippen molar-refractivity contribution < 1.29 is 19.4 Å². The summed E-state index contributed by atoms with van der Waals surface area (Å²) in [5, 5.41) is 10.3. The second-order valence-corrected chi connectivity index (χ2v) is 9.55. The number of rotatable bonds is 10. The minimum Gasteiger partial charge on any atom is -0.481 e. The zero-order chi connectivity index (χ0) is 24.2. The Morgan fingerprint density at radius 3 is 2.68 bits per heavy atom. The van der Waals surface area contributed by atoms with Crippen LogP contribution in [0.1, 0.15) is 67.3 Å². The SMILES string of the molecule is Cc1ccc(OCC(=O)O)c2c3c(n(Cc4ccccc4)c12)C(CCCC(C)C(N)=O)CCC3. The van der Waals surface area contributed by atoms with Gasteiger partial charge in [0, 0.05) is 23.5 Å². The number of amides is 1. The van der Waals surface area contributed by atoms with E-state index in [9.17, 15) is 14.7 Å². The summed E-state index contributed by atoms with van der Waals surface area (Å²) in [4.78, 5) is 22.7. The molecule has 1 aromatic heterocycles. The van der Waals surface area contributed by atoms with E-state index in [0.29, 0.717) is 11.7 Å². The molecule has 180 valence electrons. The monoisotopic (exact) mass is 462 g/mol. The van der Waals surface area contributed by atoms with E-state index in [1.54, 1.807) is 0 Å². The second-order valence-electron chi connectivity index (χ2n) is 9.55. The van der Waals surface area contributed by atoms with E-state index in [1.807, 2.05) is 25.1 Å². The van der Waals surface area contributed by atoms with Gasteiger partial charge >= 0.3 is 5.97 Å². The van der Waals surface area contributed by atoms with Crippen LogP contribution in [0.25, 0.3) is 10.9 Å². The highest BCUT2D eigenvalue weighted by atomic mass is 16.5. The Bertz CT molecular complexity index is 1180. The van der Waals surface area contributed by atoms with Gasteiger partial charge in [0.05, 0.1) is 5.52 Å². The highest BCUT2D eigenvalue weighted by molar-refractivity contribution is 5.94. The average molecular weight is 463 g/mol. The fourth-order valence-corrected chi connectivity index (χ4v) is 5.39. The number of carboxylic acid groups (broad SMARTS) is 1. The van der Waals surface area contributed by atoms with Gasteiger partial charge in [-0.15, -0.1) is 0 Å². The van der Waals surface area contributed by atoms with Gasteiger partial charge in [0.25, 0.3) is 0 Å². The van der Waals surface area contributed by atoms with E-state index in [-0.39, 0.29) is 18.4 Å². The number of aromatic nitrogens is 1. The first-order valence-corrected chi connectivity index (χ1v) is 12.2. The van der Waals surface area contributed by atoms with Crippen molar-refractivity contribution >= 4 is 22.8 Å². The zero-order valence-electron chi connectivity index (χ0n) is 20.0. The maximum Gasteiger partial charge on any atom is 0.341 e. The van der Waals surface area contributed by atoms with Gasteiger partial charge in [-0.3, -0.25) is 4.79 Å². The van der Waals surface area contributed by atoms with Crippen LogP contribution in [0.4, 0.5) is 0 Å². The number of primary amides is 1. The normalized spacial score (nSPS) is 16.2. The average Bonchev–Trinajstić information content (AvgIpc) is 3.15. The molecule has 6 heteroatoms. The third-order valence-electron chi connectivity index (χ3n) is 7.09. The summed E-state index contributed by atoms with van der Waals surface area (Å²) in [6, 6.07) is 14.4. The van der Waals surface area contributed by atoms with Crippen LogP contribution >= 0.6 is 0 Å². The van der Waals surface area contributed by atoms with Crippen LogP contribution in [0.3, 0.4) is 0 Å². The molecule has 6 nitrogen and oxygen atoms in total. The number of aliphatic carboxylic acids is 1. The van der Waals surface area contributed by atoms with Crippen molar-refractivity contribution in [2.45, 2.75) is 64.8 Å². The van der Waals surface area contributed by atoms with E-state index in [2.05, 4.69) is 35.8 Å². The number of carbonyl (C=O) groups excluding carboxylic acids is 1. The van der Waals surface area contributed by atoms with Gasteiger partial charge < -0.3 is 20.1 Å². The maximum absolute atomic E-state index is 11.5. The maximum atomic E-state index is 11.5. The first-order chi connectivity index (χ1) is 16.4. The number of fused-ring (bicyclic) bond motifs is 3. The molecule has 0 fully saturated rings. The van der Waals surface area contributed by atoms with Gasteiger partial charge in [-0.25, -0.2) is 4.79 Å². The van der Waals surface area contributed by atoms with Gasteiger partial charge in [0.15, 0.2) is 6.61 Å². The molecule has 2 aromatic carbocycles. The first kappa shape index (κ1) is 23.9. The van der Waals surface area contributed by atoms with E-state index in [0.717, 1.165) is 61.5 Å². The third kappa shape index (κ3) is 4.96. The molecule has 0 radical (unpaired) electrons. The van der Waals surface area contributed by atoms with Gasteiger partial charge in [-0.2, -0.15) is 0 Å². The molecule has 2 atom stereocenters. The third-order valence-corrected chi connectivity index (χ3v) is 7.09. The standard InChI is InChI=1S/C28H34N2O4/c1-18-14-15-23(34-17-24(31)32)25-22-13-7-12-21(11-6-8-19(2)28(29)33)27(22)30(26(18)25)16-20-9-4-3-5-10-20/h3-5,9-10,14-15,19,21H,6-8,11-13,16-17H2,1-2H3,(H2,29,33)(H,31,32). The van der Waals surface area contributed by atoms with Crippen LogP contribution < -0.4 is 10.5 Å². The summed E-state index contributed by atoms with van der Waals surface area (Å²) < 4.78 is 8.21. The lowest BCUT2D eigenvalue weighted by Gasteiger charge is -2.26. The van der Waals surface area contributed by atoms with Crippen molar-refractivity contribution in [3.8, 4) is 5.75 Å². The Kier molecular flexibility index (Phi) is 7.25. The second kappa shape index (κ2) is 10.3. The molecular weight excluding hydrogens is 428 g/mol. The van der Waals surface area contributed by atoms with E-state index < -0.39 is 5.97 Å². The zero-order valence-corrected chi connectivity index (χ0v) is 20.0. The topological polar surface area (TPSA) is 94.6 Å². The molecule has 0 saturated carbocycles. The molecule has 4 rings (SSSR count). The Hall–Kier alpha value is -3.28. The molecule has 3 aromatic rings. The molecule has 0 bridgehead atoms. The van der Waals surface area contributed by atoms with Crippen molar-refractivity contribution in [2.24, 2.45) is 11.7 Å². The molecule has 0 saturated heterocycles. The summed E-state index contributed by atoms with van der Waals surface area (Å²) in [5.41, 5.74) is 11.6. The Balaban J connectivity index is 1.80. The number of carbonyl (C=O) groups is 2. The minimum atomic E-state index is -0.979. The molecule has 1 amide bonds. The van der Waals surface area contributed by atoms with E-state index >= 15 is 0 Å². The van der Waals surface area contributed by atoms with Gasteiger partial charge in [-0.05, 0) is 67.7 Å². The number of carboxylic acids is 1. The summed E-state index contributed by atoms with van der Waals surface area (Å²) >= 11 is 0. The molecule has 1 heterocycles. The van der Waals surface area contributed by atoms with Gasteiger partial charge in [-0.1, -0.05) is 49.7 Å². The molecule has 0 aliphatic heterocycles. The number of nitrogens with zero attached hydrogens (tertiary/aromatic N) is 1. The predicted molar refractivity (Wildman–Crippen MR) is 133 cm³/mol. The van der Waals surface area contributed by atoms with Crippen LogP contribution in [0.2, 0.25) is 0 Å². The minimum absolute atomic E-state index is 0.114.